The highest BCUT2D eigenvalue weighted by molar-refractivity contribution is 5.46. The summed E-state index contributed by atoms with van der Waals surface area (Å²) in [5.74, 6) is 0.583. The molecule has 0 amide bonds. The van der Waals surface area contributed by atoms with Gasteiger partial charge in [0.05, 0.1) is 13.2 Å². The van der Waals surface area contributed by atoms with Gasteiger partial charge in [0.2, 0.25) is 0 Å². The molecule has 1 heterocycles. The second kappa shape index (κ2) is 8.98. The van der Waals surface area contributed by atoms with Gasteiger partial charge in [-0.1, -0.05) is 32.9 Å². The summed E-state index contributed by atoms with van der Waals surface area (Å²) in [5, 5.41) is 0. The minimum absolute atomic E-state index is 0.583. The van der Waals surface area contributed by atoms with E-state index >= 15 is 0 Å². The number of hydrogen-bond donors (Lipinski definition) is 0. The van der Waals surface area contributed by atoms with Crippen LogP contribution in [0.25, 0.3) is 0 Å². The van der Waals surface area contributed by atoms with Gasteiger partial charge in [0, 0.05) is 39.4 Å². The largest absolute Gasteiger partial charge is 0.379 e. The van der Waals surface area contributed by atoms with Crippen LogP contribution in [0.15, 0.2) is 24.3 Å². The second-order valence-electron chi connectivity index (χ2n) is 5.30. The molecule has 0 saturated carbocycles. The van der Waals surface area contributed by atoms with E-state index < -0.39 is 0 Å². The van der Waals surface area contributed by atoms with E-state index in [0.717, 1.165) is 32.8 Å². The zero-order valence-corrected chi connectivity index (χ0v) is 13.7. The van der Waals surface area contributed by atoms with Gasteiger partial charge in [-0.3, -0.25) is 4.90 Å². The third kappa shape index (κ3) is 5.14. The van der Waals surface area contributed by atoms with E-state index in [2.05, 4.69) is 55.1 Å². The molecule has 2 rings (SSSR count). The summed E-state index contributed by atoms with van der Waals surface area (Å²) in [6, 6.07) is 8.90. The normalized spacial score (nSPS) is 17.1. The van der Waals surface area contributed by atoms with Crippen molar-refractivity contribution in [3.05, 3.63) is 29.8 Å². The van der Waals surface area contributed by atoms with Gasteiger partial charge < -0.3 is 9.64 Å². The van der Waals surface area contributed by atoms with Crippen molar-refractivity contribution in [1.82, 2.24) is 4.90 Å². The maximum Gasteiger partial charge on any atom is 0.0594 e. The summed E-state index contributed by atoms with van der Waals surface area (Å²) in [5.41, 5.74) is 2.68. The summed E-state index contributed by atoms with van der Waals surface area (Å²) in [6.07, 6.45) is 0. The van der Waals surface area contributed by atoms with E-state index in [-0.39, 0.29) is 0 Å². The smallest absolute Gasteiger partial charge is 0.0594 e. The molecule has 0 spiro atoms. The molecule has 1 fully saturated rings. The summed E-state index contributed by atoms with van der Waals surface area (Å²) in [4.78, 5) is 4.63. The zero-order chi connectivity index (χ0) is 15.0. The van der Waals surface area contributed by atoms with Crippen molar-refractivity contribution < 1.29 is 4.74 Å². The Morgan fingerprint density at radius 3 is 2.15 bits per heavy atom. The minimum Gasteiger partial charge on any atom is -0.379 e. The van der Waals surface area contributed by atoms with Crippen LogP contribution in [0.2, 0.25) is 0 Å². The van der Waals surface area contributed by atoms with Gasteiger partial charge in [0.15, 0.2) is 0 Å². The Morgan fingerprint density at radius 1 is 1.10 bits per heavy atom. The minimum atomic E-state index is 0.583. The van der Waals surface area contributed by atoms with E-state index in [1.54, 1.807) is 0 Å². The van der Waals surface area contributed by atoms with E-state index in [4.69, 9.17) is 4.74 Å². The maximum absolute atomic E-state index is 5.38. The summed E-state index contributed by atoms with van der Waals surface area (Å²) < 4.78 is 5.38. The predicted octanol–water partition coefficient (Wildman–Crippen LogP) is 3.21. The van der Waals surface area contributed by atoms with E-state index in [1.807, 2.05) is 13.8 Å². The lowest BCUT2D eigenvalue weighted by atomic mass is 10.00. The molecule has 0 N–H and O–H groups in total. The van der Waals surface area contributed by atoms with Crippen LogP contribution in [0.4, 0.5) is 5.69 Å². The van der Waals surface area contributed by atoms with E-state index in [0.29, 0.717) is 5.92 Å². The molecule has 1 aliphatic heterocycles. The molecule has 1 aromatic rings. The van der Waals surface area contributed by atoms with Gasteiger partial charge in [-0.05, 0) is 23.6 Å². The van der Waals surface area contributed by atoms with Crippen LogP contribution in [-0.2, 0) is 4.74 Å². The Kier molecular flexibility index (Phi) is 7.63. The Bertz CT molecular complexity index is 356. The number of anilines is 1. The molecule has 114 valence electrons. The van der Waals surface area contributed by atoms with Crippen LogP contribution in [0.5, 0.6) is 0 Å². The molecule has 0 bridgehead atoms. The van der Waals surface area contributed by atoms with Crippen molar-refractivity contribution >= 4 is 5.69 Å². The SMILES string of the molecule is CC.CC(CN1CCOCC1)c1ccc(N(C)C)cc1. The van der Waals surface area contributed by atoms with Crippen LogP contribution in [0.3, 0.4) is 0 Å². The average molecular weight is 278 g/mol. The van der Waals surface area contributed by atoms with Crippen molar-refractivity contribution in [2.45, 2.75) is 26.7 Å². The molecular weight excluding hydrogens is 248 g/mol. The summed E-state index contributed by atoms with van der Waals surface area (Å²) in [6.45, 7) is 11.3. The molecule has 1 unspecified atom stereocenters. The van der Waals surface area contributed by atoms with Gasteiger partial charge in [0.25, 0.3) is 0 Å². The zero-order valence-electron chi connectivity index (χ0n) is 13.7. The standard InChI is InChI=1S/C15H24N2O.C2H6/c1-13(12-17-8-10-18-11-9-17)14-4-6-15(7-5-14)16(2)3;1-2/h4-7,13H,8-12H2,1-3H3;1-2H3. The number of rotatable bonds is 4. The lowest BCUT2D eigenvalue weighted by molar-refractivity contribution is 0.0357. The first kappa shape index (κ1) is 17.0. The monoisotopic (exact) mass is 278 g/mol. The fourth-order valence-electron chi connectivity index (χ4n) is 2.38. The second-order valence-corrected chi connectivity index (χ2v) is 5.30. The molecule has 20 heavy (non-hydrogen) atoms. The maximum atomic E-state index is 5.38. The lowest BCUT2D eigenvalue weighted by Gasteiger charge is -2.29. The van der Waals surface area contributed by atoms with Gasteiger partial charge in [-0.15, -0.1) is 0 Å². The Morgan fingerprint density at radius 2 is 1.65 bits per heavy atom. The van der Waals surface area contributed by atoms with Gasteiger partial charge in [-0.25, -0.2) is 0 Å². The fraction of sp³-hybridized carbons (Fsp3) is 0.647. The van der Waals surface area contributed by atoms with Crippen molar-refractivity contribution in [3.8, 4) is 0 Å². The quantitative estimate of drug-likeness (QED) is 0.841. The molecule has 3 nitrogen and oxygen atoms in total. The van der Waals surface area contributed by atoms with E-state index in [9.17, 15) is 0 Å². The first-order valence-electron chi connectivity index (χ1n) is 7.74. The number of morpholine rings is 1. The van der Waals surface area contributed by atoms with Gasteiger partial charge in [0.1, 0.15) is 0 Å². The third-order valence-electron chi connectivity index (χ3n) is 3.61. The molecule has 1 atom stereocenters. The predicted molar refractivity (Wildman–Crippen MR) is 87.8 cm³/mol. The summed E-state index contributed by atoms with van der Waals surface area (Å²) >= 11 is 0. The Balaban J connectivity index is 0.000000956. The summed E-state index contributed by atoms with van der Waals surface area (Å²) in [7, 11) is 4.15. The average Bonchev–Trinajstić information content (AvgIpc) is 2.50. The Labute approximate surface area is 124 Å². The molecule has 1 aliphatic rings. The first-order valence-corrected chi connectivity index (χ1v) is 7.74. The number of ether oxygens (including phenoxy) is 1. The Hall–Kier alpha value is -1.06. The molecule has 1 aromatic carbocycles. The highest BCUT2D eigenvalue weighted by atomic mass is 16.5. The van der Waals surface area contributed by atoms with Crippen LogP contribution in [-0.4, -0.2) is 51.8 Å². The molecule has 0 aliphatic carbocycles. The van der Waals surface area contributed by atoms with Crippen molar-refractivity contribution in [1.29, 1.82) is 0 Å². The highest BCUT2D eigenvalue weighted by Crippen LogP contribution is 2.20. The van der Waals surface area contributed by atoms with Crippen LogP contribution >= 0.6 is 0 Å². The van der Waals surface area contributed by atoms with Gasteiger partial charge in [-0.2, -0.15) is 0 Å². The number of hydrogen-bond acceptors (Lipinski definition) is 3. The number of benzene rings is 1. The van der Waals surface area contributed by atoms with Crippen LogP contribution in [0.1, 0.15) is 32.3 Å². The van der Waals surface area contributed by atoms with E-state index in [1.165, 1.54) is 11.3 Å². The molecular formula is C17H30N2O. The van der Waals surface area contributed by atoms with Gasteiger partial charge >= 0.3 is 0 Å². The first-order chi connectivity index (χ1) is 9.66. The van der Waals surface area contributed by atoms with Crippen molar-refractivity contribution in [2.24, 2.45) is 0 Å². The lowest BCUT2D eigenvalue weighted by Crippen LogP contribution is -2.38. The molecule has 0 aromatic heterocycles. The van der Waals surface area contributed by atoms with Crippen LogP contribution < -0.4 is 4.90 Å². The van der Waals surface area contributed by atoms with Crippen LogP contribution in [0, 0.1) is 0 Å². The topological polar surface area (TPSA) is 15.7 Å². The number of nitrogens with zero attached hydrogens (tertiary/aromatic N) is 2. The third-order valence-corrected chi connectivity index (χ3v) is 3.61. The van der Waals surface area contributed by atoms with Crippen molar-refractivity contribution in [2.75, 3.05) is 51.8 Å². The highest BCUT2D eigenvalue weighted by Gasteiger charge is 2.14. The fourth-order valence-corrected chi connectivity index (χ4v) is 2.38. The molecule has 1 saturated heterocycles. The van der Waals surface area contributed by atoms with Crippen molar-refractivity contribution in [3.63, 3.8) is 0 Å². The molecule has 3 heteroatoms. The molecule has 0 radical (unpaired) electrons.